The highest BCUT2D eigenvalue weighted by Crippen LogP contribution is 2.26. The highest BCUT2D eigenvalue weighted by Gasteiger charge is 2.13. The highest BCUT2D eigenvalue weighted by molar-refractivity contribution is 6.18. The van der Waals surface area contributed by atoms with Gasteiger partial charge < -0.3 is 4.74 Å². The predicted molar refractivity (Wildman–Crippen MR) is 63.2 cm³/mol. The third-order valence-electron chi connectivity index (χ3n) is 2.04. The topological polar surface area (TPSA) is 52.4 Å². The number of alkyl halides is 1. The van der Waals surface area contributed by atoms with Crippen LogP contribution < -0.4 is 4.74 Å². The average Bonchev–Trinajstić information content (AvgIpc) is 2.26. The van der Waals surface area contributed by atoms with Crippen LogP contribution in [0, 0.1) is 17.0 Å². The van der Waals surface area contributed by atoms with E-state index < -0.39 is 4.92 Å². The predicted octanol–water partition coefficient (Wildman–Crippen LogP) is 3.08. The van der Waals surface area contributed by atoms with Gasteiger partial charge in [-0.05, 0) is 13.0 Å². The lowest BCUT2D eigenvalue weighted by Crippen LogP contribution is -1.98. The van der Waals surface area contributed by atoms with Gasteiger partial charge in [0.25, 0.3) is 5.69 Å². The van der Waals surface area contributed by atoms with E-state index in [9.17, 15) is 10.1 Å². The van der Waals surface area contributed by atoms with Gasteiger partial charge >= 0.3 is 0 Å². The van der Waals surface area contributed by atoms with Crippen LogP contribution in [0.5, 0.6) is 5.75 Å². The zero-order chi connectivity index (χ0) is 12.0. The van der Waals surface area contributed by atoms with Crippen molar-refractivity contribution in [1.82, 2.24) is 0 Å². The molecule has 0 aliphatic rings. The summed E-state index contributed by atoms with van der Waals surface area (Å²) in [5.41, 5.74) is 0.602. The summed E-state index contributed by atoms with van der Waals surface area (Å²) in [6, 6.07) is 4.76. The molecule has 0 radical (unpaired) electrons. The zero-order valence-electron chi connectivity index (χ0n) is 8.85. The molecule has 1 aromatic carbocycles. The van der Waals surface area contributed by atoms with Crippen molar-refractivity contribution in [3.8, 4) is 5.75 Å². The van der Waals surface area contributed by atoms with Crippen LogP contribution in [0.1, 0.15) is 5.56 Å². The molecule has 0 aromatic heterocycles. The van der Waals surface area contributed by atoms with Gasteiger partial charge in [0.05, 0.1) is 10.5 Å². The number of nitrogens with zero attached hydrogens (tertiary/aromatic N) is 1. The molecule has 16 heavy (non-hydrogen) atoms. The van der Waals surface area contributed by atoms with E-state index in [0.29, 0.717) is 23.8 Å². The molecule has 86 valence electrons. The summed E-state index contributed by atoms with van der Waals surface area (Å²) >= 11 is 5.45. The molecule has 0 saturated carbocycles. The van der Waals surface area contributed by atoms with Crippen molar-refractivity contribution in [2.45, 2.75) is 6.92 Å². The van der Waals surface area contributed by atoms with Crippen LogP contribution in [-0.4, -0.2) is 17.4 Å². The van der Waals surface area contributed by atoms with Crippen LogP contribution in [0.15, 0.2) is 30.4 Å². The Kier molecular flexibility index (Phi) is 4.79. The summed E-state index contributed by atoms with van der Waals surface area (Å²) in [7, 11) is 0. The van der Waals surface area contributed by atoms with Gasteiger partial charge in [0.1, 0.15) is 12.4 Å². The Balaban J connectivity index is 2.77. The summed E-state index contributed by atoms with van der Waals surface area (Å²) < 4.78 is 5.38. The van der Waals surface area contributed by atoms with Crippen LogP contribution in [0.3, 0.4) is 0 Å². The van der Waals surface area contributed by atoms with Gasteiger partial charge in [-0.3, -0.25) is 10.1 Å². The minimum absolute atomic E-state index is 0.0684. The van der Waals surface area contributed by atoms with E-state index in [2.05, 4.69) is 0 Å². The first-order chi connectivity index (χ1) is 7.66. The molecule has 0 atom stereocenters. The molecule has 4 nitrogen and oxygen atoms in total. The molecule has 5 heteroatoms. The monoisotopic (exact) mass is 241 g/mol. The number of ether oxygens (including phenoxy) is 1. The molecule has 0 aliphatic heterocycles. The lowest BCUT2D eigenvalue weighted by molar-refractivity contribution is -0.385. The van der Waals surface area contributed by atoms with Gasteiger partial charge in [0, 0.05) is 11.9 Å². The molecule has 0 fully saturated rings. The van der Waals surface area contributed by atoms with E-state index in [4.69, 9.17) is 16.3 Å². The first kappa shape index (κ1) is 12.5. The second-order valence-corrected chi connectivity index (χ2v) is 3.40. The zero-order valence-corrected chi connectivity index (χ0v) is 9.61. The van der Waals surface area contributed by atoms with E-state index >= 15 is 0 Å². The number of hydrogen-bond acceptors (Lipinski definition) is 3. The Hall–Kier alpha value is -1.55. The molecule has 0 saturated heterocycles. The van der Waals surface area contributed by atoms with Crippen molar-refractivity contribution < 1.29 is 9.66 Å². The number of benzene rings is 1. The summed E-state index contributed by atoms with van der Waals surface area (Å²) in [5, 5.41) is 10.7. The van der Waals surface area contributed by atoms with Crippen molar-refractivity contribution in [3.63, 3.8) is 0 Å². The van der Waals surface area contributed by atoms with Crippen molar-refractivity contribution in [2.75, 3.05) is 12.5 Å². The number of nitro benzene ring substituents is 1. The fourth-order valence-corrected chi connectivity index (χ4v) is 1.35. The third kappa shape index (κ3) is 3.24. The fraction of sp³-hybridized carbons (Fsp3) is 0.273. The number of allylic oxidation sites excluding steroid dienone is 1. The minimum atomic E-state index is -0.420. The lowest BCUT2D eigenvalue weighted by atomic mass is 10.2. The fourth-order valence-electron chi connectivity index (χ4n) is 1.23. The lowest BCUT2D eigenvalue weighted by Gasteiger charge is -2.06. The van der Waals surface area contributed by atoms with Crippen molar-refractivity contribution >= 4 is 17.3 Å². The molecular weight excluding hydrogens is 230 g/mol. The van der Waals surface area contributed by atoms with Crippen LogP contribution in [0.2, 0.25) is 0 Å². The Labute approximate surface area is 98.6 Å². The quantitative estimate of drug-likeness (QED) is 0.345. The number of nitro groups is 1. The summed E-state index contributed by atoms with van der Waals surface area (Å²) in [6.07, 6.45) is 3.53. The van der Waals surface area contributed by atoms with E-state index in [1.165, 1.54) is 6.07 Å². The molecule has 1 aromatic rings. The van der Waals surface area contributed by atoms with Crippen LogP contribution in [0.4, 0.5) is 5.69 Å². The average molecular weight is 242 g/mol. The van der Waals surface area contributed by atoms with Crippen LogP contribution >= 0.6 is 11.6 Å². The maximum atomic E-state index is 10.7. The first-order valence-corrected chi connectivity index (χ1v) is 5.28. The smallest absolute Gasteiger partial charge is 0.276 e. The number of halogens is 1. The van der Waals surface area contributed by atoms with E-state index in [0.717, 1.165) is 0 Å². The first-order valence-electron chi connectivity index (χ1n) is 4.74. The van der Waals surface area contributed by atoms with Gasteiger partial charge in [0.2, 0.25) is 0 Å². The Morgan fingerprint density at radius 3 is 2.88 bits per heavy atom. The minimum Gasteiger partial charge on any atom is -0.489 e. The molecule has 0 aliphatic carbocycles. The maximum absolute atomic E-state index is 10.7. The van der Waals surface area contributed by atoms with Crippen molar-refractivity contribution in [2.24, 2.45) is 0 Å². The number of rotatable bonds is 5. The Morgan fingerprint density at radius 1 is 1.50 bits per heavy atom. The Morgan fingerprint density at radius 2 is 2.25 bits per heavy atom. The second-order valence-electron chi connectivity index (χ2n) is 3.09. The van der Waals surface area contributed by atoms with Gasteiger partial charge in [-0.15, -0.1) is 11.6 Å². The van der Waals surface area contributed by atoms with Gasteiger partial charge in [0.15, 0.2) is 0 Å². The van der Waals surface area contributed by atoms with E-state index in [1.807, 2.05) is 0 Å². The molecule has 0 heterocycles. The van der Waals surface area contributed by atoms with Gasteiger partial charge in [-0.25, -0.2) is 0 Å². The molecule has 0 bridgehead atoms. The van der Waals surface area contributed by atoms with Crippen molar-refractivity contribution in [1.29, 1.82) is 0 Å². The van der Waals surface area contributed by atoms with Crippen LogP contribution in [0.25, 0.3) is 0 Å². The maximum Gasteiger partial charge on any atom is 0.276 e. The van der Waals surface area contributed by atoms with Crippen molar-refractivity contribution in [3.05, 3.63) is 46.0 Å². The Bertz CT molecular complexity index is 404. The molecule has 0 unspecified atom stereocenters. The SMILES string of the molecule is Cc1c(OCC=CCCl)cccc1[N+](=O)[O-]. The molecule has 0 spiro atoms. The van der Waals surface area contributed by atoms with E-state index in [-0.39, 0.29) is 5.69 Å². The van der Waals surface area contributed by atoms with E-state index in [1.54, 1.807) is 31.2 Å². The third-order valence-corrected chi connectivity index (χ3v) is 2.22. The molecular formula is C11H12ClNO3. The molecule has 0 N–H and O–H groups in total. The standard InChI is InChI=1S/C11H12ClNO3/c1-9-10(13(14)15)5-4-6-11(9)16-8-3-2-7-12/h2-6H,7-8H2,1H3. The largest absolute Gasteiger partial charge is 0.489 e. The highest BCUT2D eigenvalue weighted by atomic mass is 35.5. The van der Waals surface area contributed by atoms with Crippen LogP contribution in [-0.2, 0) is 0 Å². The summed E-state index contributed by atoms with van der Waals surface area (Å²) in [6.45, 7) is 2.02. The van der Waals surface area contributed by atoms with Gasteiger partial charge in [-0.2, -0.15) is 0 Å². The molecule has 0 amide bonds. The summed E-state index contributed by atoms with van der Waals surface area (Å²) in [4.78, 5) is 10.2. The number of hydrogen-bond donors (Lipinski definition) is 0. The normalized spacial score (nSPS) is 10.6. The van der Waals surface area contributed by atoms with Gasteiger partial charge in [-0.1, -0.05) is 18.2 Å². The summed E-state index contributed by atoms with van der Waals surface area (Å²) in [5.74, 6) is 0.950. The second kappa shape index (κ2) is 6.12. The molecule has 1 rings (SSSR count).